The molecule has 3 rings (SSSR count). The van der Waals surface area contributed by atoms with Crippen molar-refractivity contribution in [3.05, 3.63) is 0 Å². The summed E-state index contributed by atoms with van der Waals surface area (Å²) in [6, 6.07) is 0.695. The van der Waals surface area contributed by atoms with Gasteiger partial charge in [0.1, 0.15) is 0 Å². The molecule has 19 heavy (non-hydrogen) atoms. The fourth-order valence-electron chi connectivity index (χ4n) is 4.33. The lowest BCUT2D eigenvalue weighted by molar-refractivity contribution is -0.102. The van der Waals surface area contributed by atoms with Crippen molar-refractivity contribution in [2.24, 2.45) is 0 Å². The van der Waals surface area contributed by atoms with Gasteiger partial charge < -0.3 is 14.7 Å². The van der Waals surface area contributed by atoms with E-state index in [-0.39, 0.29) is 5.60 Å². The third kappa shape index (κ3) is 3.14. The molecule has 110 valence electrons. The van der Waals surface area contributed by atoms with Gasteiger partial charge in [-0.1, -0.05) is 12.8 Å². The maximum absolute atomic E-state index is 10.2. The van der Waals surface area contributed by atoms with Gasteiger partial charge in [0.2, 0.25) is 0 Å². The standard InChI is InChI=1S/C16H29NO2/c1-15(18)6-4-10-17(11-9-15)14-5-12-19-16(13-14)7-2-3-8-16/h14,18H,2-13H2,1H3. The zero-order valence-corrected chi connectivity index (χ0v) is 12.4. The molecule has 3 fully saturated rings. The van der Waals surface area contributed by atoms with Crippen molar-refractivity contribution in [2.45, 2.75) is 82.0 Å². The normalized spacial score (nSPS) is 40.4. The van der Waals surface area contributed by atoms with Crippen molar-refractivity contribution in [1.29, 1.82) is 0 Å². The highest BCUT2D eigenvalue weighted by atomic mass is 16.5. The van der Waals surface area contributed by atoms with E-state index in [1.54, 1.807) is 0 Å². The largest absolute Gasteiger partial charge is 0.390 e. The average Bonchev–Trinajstić information content (AvgIpc) is 2.72. The molecule has 2 heterocycles. The van der Waals surface area contributed by atoms with Crippen LogP contribution in [0.25, 0.3) is 0 Å². The second kappa shape index (κ2) is 5.34. The SMILES string of the molecule is CC1(O)CCCN(C2CCOC3(CCCC3)C2)CC1. The summed E-state index contributed by atoms with van der Waals surface area (Å²) in [6.07, 6.45) is 10.7. The minimum Gasteiger partial charge on any atom is -0.390 e. The van der Waals surface area contributed by atoms with Gasteiger partial charge in [0.15, 0.2) is 0 Å². The molecule has 3 aliphatic rings. The van der Waals surface area contributed by atoms with Crippen LogP contribution in [0.4, 0.5) is 0 Å². The van der Waals surface area contributed by atoms with Crippen LogP contribution < -0.4 is 0 Å². The van der Waals surface area contributed by atoms with Crippen molar-refractivity contribution in [3.8, 4) is 0 Å². The van der Waals surface area contributed by atoms with Gasteiger partial charge in [-0.3, -0.25) is 0 Å². The second-order valence-electron chi connectivity index (χ2n) is 7.27. The highest BCUT2D eigenvalue weighted by molar-refractivity contribution is 4.95. The van der Waals surface area contributed by atoms with E-state index in [2.05, 4.69) is 4.90 Å². The van der Waals surface area contributed by atoms with E-state index in [4.69, 9.17) is 4.74 Å². The van der Waals surface area contributed by atoms with Gasteiger partial charge in [-0.15, -0.1) is 0 Å². The molecule has 2 unspecified atom stereocenters. The van der Waals surface area contributed by atoms with E-state index >= 15 is 0 Å². The van der Waals surface area contributed by atoms with Gasteiger partial charge in [0, 0.05) is 19.2 Å². The van der Waals surface area contributed by atoms with E-state index in [1.165, 1.54) is 38.5 Å². The maximum atomic E-state index is 10.2. The number of hydrogen-bond donors (Lipinski definition) is 1. The Labute approximate surface area is 117 Å². The number of rotatable bonds is 1. The van der Waals surface area contributed by atoms with Crippen LogP contribution in [-0.4, -0.2) is 46.9 Å². The number of ether oxygens (including phenoxy) is 1. The Morgan fingerprint density at radius 1 is 1.05 bits per heavy atom. The minimum absolute atomic E-state index is 0.220. The molecule has 2 saturated heterocycles. The van der Waals surface area contributed by atoms with Crippen molar-refractivity contribution in [3.63, 3.8) is 0 Å². The predicted molar refractivity (Wildman–Crippen MR) is 76.2 cm³/mol. The molecule has 1 N–H and O–H groups in total. The van der Waals surface area contributed by atoms with Gasteiger partial charge in [0.25, 0.3) is 0 Å². The van der Waals surface area contributed by atoms with Crippen molar-refractivity contribution in [2.75, 3.05) is 19.7 Å². The maximum Gasteiger partial charge on any atom is 0.0697 e. The number of nitrogens with zero attached hydrogens (tertiary/aromatic N) is 1. The Bertz CT molecular complexity index is 310. The van der Waals surface area contributed by atoms with Crippen LogP contribution in [0.2, 0.25) is 0 Å². The van der Waals surface area contributed by atoms with E-state index in [0.717, 1.165) is 39.0 Å². The molecule has 2 aliphatic heterocycles. The van der Waals surface area contributed by atoms with Crippen LogP contribution in [-0.2, 0) is 4.74 Å². The van der Waals surface area contributed by atoms with E-state index in [9.17, 15) is 5.11 Å². The van der Waals surface area contributed by atoms with Crippen LogP contribution in [0.5, 0.6) is 0 Å². The summed E-state index contributed by atoms with van der Waals surface area (Å²) in [6.45, 7) is 5.17. The summed E-state index contributed by atoms with van der Waals surface area (Å²) in [4.78, 5) is 2.64. The van der Waals surface area contributed by atoms with Gasteiger partial charge >= 0.3 is 0 Å². The molecule has 2 atom stereocenters. The molecule has 3 heteroatoms. The molecular weight excluding hydrogens is 238 g/mol. The van der Waals surface area contributed by atoms with Crippen LogP contribution in [0.1, 0.15) is 64.7 Å². The van der Waals surface area contributed by atoms with E-state index in [1.807, 2.05) is 6.92 Å². The van der Waals surface area contributed by atoms with E-state index < -0.39 is 5.60 Å². The molecule has 1 spiro atoms. The average molecular weight is 267 g/mol. The Morgan fingerprint density at radius 3 is 2.63 bits per heavy atom. The zero-order valence-electron chi connectivity index (χ0n) is 12.4. The Hall–Kier alpha value is -0.120. The third-order valence-electron chi connectivity index (χ3n) is 5.60. The Morgan fingerprint density at radius 2 is 1.84 bits per heavy atom. The smallest absolute Gasteiger partial charge is 0.0697 e. The summed E-state index contributed by atoms with van der Waals surface area (Å²) in [5, 5.41) is 10.2. The fraction of sp³-hybridized carbons (Fsp3) is 1.00. The molecular formula is C16H29NO2. The van der Waals surface area contributed by atoms with Crippen LogP contribution >= 0.6 is 0 Å². The van der Waals surface area contributed by atoms with Gasteiger partial charge in [-0.25, -0.2) is 0 Å². The highest BCUT2D eigenvalue weighted by Gasteiger charge is 2.42. The molecule has 3 nitrogen and oxygen atoms in total. The first-order chi connectivity index (χ1) is 9.09. The molecule has 1 aliphatic carbocycles. The van der Waals surface area contributed by atoms with Crippen molar-refractivity contribution < 1.29 is 9.84 Å². The lowest BCUT2D eigenvalue weighted by Crippen LogP contribution is -2.48. The molecule has 0 amide bonds. The molecule has 0 bridgehead atoms. The number of likely N-dealkylation sites (tertiary alicyclic amines) is 1. The van der Waals surface area contributed by atoms with Crippen LogP contribution in [0.3, 0.4) is 0 Å². The predicted octanol–water partition coefficient (Wildman–Crippen LogP) is 2.72. The van der Waals surface area contributed by atoms with Crippen molar-refractivity contribution in [1.82, 2.24) is 4.90 Å². The quantitative estimate of drug-likeness (QED) is 0.793. The summed E-state index contributed by atoms with van der Waals surface area (Å²) >= 11 is 0. The van der Waals surface area contributed by atoms with Crippen LogP contribution in [0, 0.1) is 0 Å². The molecule has 0 aromatic carbocycles. The Kier molecular flexibility index (Phi) is 3.89. The minimum atomic E-state index is -0.440. The van der Waals surface area contributed by atoms with Gasteiger partial charge in [0.05, 0.1) is 11.2 Å². The fourth-order valence-corrected chi connectivity index (χ4v) is 4.33. The monoisotopic (exact) mass is 267 g/mol. The molecule has 0 radical (unpaired) electrons. The van der Waals surface area contributed by atoms with Crippen molar-refractivity contribution >= 4 is 0 Å². The van der Waals surface area contributed by atoms with Gasteiger partial charge in [-0.2, -0.15) is 0 Å². The number of hydrogen-bond acceptors (Lipinski definition) is 3. The molecule has 0 aromatic heterocycles. The van der Waals surface area contributed by atoms with Gasteiger partial charge in [-0.05, 0) is 58.4 Å². The van der Waals surface area contributed by atoms with E-state index in [0.29, 0.717) is 6.04 Å². The second-order valence-corrected chi connectivity index (χ2v) is 7.27. The Balaban J connectivity index is 1.62. The lowest BCUT2D eigenvalue weighted by atomic mass is 9.88. The topological polar surface area (TPSA) is 32.7 Å². The first-order valence-corrected chi connectivity index (χ1v) is 8.19. The zero-order chi connectivity index (χ0) is 13.3. The lowest BCUT2D eigenvalue weighted by Gasteiger charge is -2.43. The first-order valence-electron chi connectivity index (χ1n) is 8.19. The summed E-state index contributed by atoms with van der Waals surface area (Å²) < 4.78 is 6.14. The van der Waals surface area contributed by atoms with Crippen LogP contribution in [0.15, 0.2) is 0 Å². The summed E-state index contributed by atoms with van der Waals surface area (Å²) in [5.41, 5.74) is -0.220. The first kappa shape index (κ1) is 13.8. The summed E-state index contributed by atoms with van der Waals surface area (Å²) in [7, 11) is 0. The highest BCUT2D eigenvalue weighted by Crippen LogP contribution is 2.41. The number of aliphatic hydroxyl groups is 1. The summed E-state index contributed by atoms with van der Waals surface area (Å²) in [5.74, 6) is 0. The third-order valence-corrected chi connectivity index (χ3v) is 5.60. The molecule has 0 aromatic rings. The molecule has 1 saturated carbocycles.